The summed E-state index contributed by atoms with van der Waals surface area (Å²) >= 11 is 0. The summed E-state index contributed by atoms with van der Waals surface area (Å²) in [6.45, 7) is 26.1. The third kappa shape index (κ3) is 5.95. The normalized spacial score (nSPS) is 17.0. The SMILES string of the molecule is C=CNC(CC(C)(C)C(C)(C)C(O)CC(C)(C)C)C(C)(C)C. The van der Waals surface area contributed by atoms with Crippen LogP contribution in [0.15, 0.2) is 12.8 Å². The Balaban J connectivity index is 5.28. The summed E-state index contributed by atoms with van der Waals surface area (Å²) in [5.74, 6) is 0. The third-order valence-corrected chi connectivity index (χ3v) is 5.46. The summed E-state index contributed by atoms with van der Waals surface area (Å²) in [6.07, 6.45) is 3.30. The van der Waals surface area contributed by atoms with Crippen molar-refractivity contribution in [3.63, 3.8) is 0 Å². The first-order chi connectivity index (χ1) is 9.54. The molecule has 132 valence electrons. The van der Waals surface area contributed by atoms with Crippen LogP contribution in [0.1, 0.15) is 82.1 Å². The van der Waals surface area contributed by atoms with E-state index in [2.05, 4.69) is 81.1 Å². The number of nitrogens with one attached hydrogen (secondary N) is 1. The zero-order valence-corrected chi connectivity index (χ0v) is 16.8. The van der Waals surface area contributed by atoms with Gasteiger partial charge in [0.25, 0.3) is 0 Å². The lowest BCUT2D eigenvalue weighted by Crippen LogP contribution is -2.49. The van der Waals surface area contributed by atoms with Gasteiger partial charge in [0.15, 0.2) is 0 Å². The second-order valence-electron chi connectivity index (χ2n) is 10.4. The molecule has 0 aromatic rings. The van der Waals surface area contributed by atoms with Gasteiger partial charge in [0.05, 0.1) is 6.10 Å². The second-order valence-corrected chi connectivity index (χ2v) is 10.4. The largest absolute Gasteiger partial charge is 0.393 e. The lowest BCUT2D eigenvalue weighted by atomic mass is 9.59. The van der Waals surface area contributed by atoms with Crippen LogP contribution < -0.4 is 5.32 Å². The highest BCUT2D eigenvalue weighted by atomic mass is 16.3. The van der Waals surface area contributed by atoms with Gasteiger partial charge in [-0.1, -0.05) is 75.8 Å². The molecule has 0 bridgehead atoms. The fourth-order valence-electron chi connectivity index (χ4n) is 2.82. The zero-order valence-electron chi connectivity index (χ0n) is 16.8. The van der Waals surface area contributed by atoms with Gasteiger partial charge >= 0.3 is 0 Å². The quantitative estimate of drug-likeness (QED) is 0.662. The van der Waals surface area contributed by atoms with E-state index in [9.17, 15) is 5.11 Å². The summed E-state index contributed by atoms with van der Waals surface area (Å²) in [7, 11) is 0. The van der Waals surface area contributed by atoms with E-state index >= 15 is 0 Å². The summed E-state index contributed by atoms with van der Waals surface area (Å²) in [5.41, 5.74) is 0.129. The standard InChI is InChI=1S/C20H41NO/c1-12-21-15(18(5,6)7)13-19(8,9)20(10,11)16(22)14-17(2,3)4/h12,15-16,21-22H,1,13-14H2,2-11H3. The Morgan fingerprint density at radius 3 is 1.68 bits per heavy atom. The number of hydrogen-bond donors (Lipinski definition) is 2. The first-order valence-electron chi connectivity index (χ1n) is 8.59. The van der Waals surface area contributed by atoms with Gasteiger partial charge in [0.1, 0.15) is 0 Å². The molecule has 0 spiro atoms. The van der Waals surface area contributed by atoms with Crippen molar-refractivity contribution in [3.05, 3.63) is 12.8 Å². The van der Waals surface area contributed by atoms with Crippen LogP contribution in [0.2, 0.25) is 0 Å². The molecule has 2 atom stereocenters. The van der Waals surface area contributed by atoms with Crippen LogP contribution in [0.25, 0.3) is 0 Å². The fraction of sp³-hybridized carbons (Fsp3) is 0.900. The molecule has 2 heteroatoms. The molecule has 0 aliphatic rings. The minimum atomic E-state index is -0.313. The molecule has 0 aromatic heterocycles. The third-order valence-electron chi connectivity index (χ3n) is 5.46. The van der Waals surface area contributed by atoms with Gasteiger partial charge in [-0.05, 0) is 40.7 Å². The maximum atomic E-state index is 10.9. The van der Waals surface area contributed by atoms with Gasteiger partial charge in [-0.15, -0.1) is 0 Å². The lowest BCUT2D eigenvalue weighted by Gasteiger charge is -2.49. The molecule has 0 saturated heterocycles. The monoisotopic (exact) mass is 311 g/mol. The Morgan fingerprint density at radius 2 is 1.36 bits per heavy atom. The van der Waals surface area contributed by atoms with Crippen LogP contribution in [-0.4, -0.2) is 17.3 Å². The Hall–Kier alpha value is -0.500. The average Bonchev–Trinajstić information content (AvgIpc) is 2.24. The van der Waals surface area contributed by atoms with E-state index in [0.29, 0.717) is 6.04 Å². The Labute approximate surface area is 139 Å². The molecular formula is C20H41NO. The molecule has 0 aromatic carbocycles. The average molecular weight is 312 g/mol. The van der Waals surface area contributed by atoms with Gasteiger partial charge in [-0.25, -0.2) is 0 Å². The van der Waals surface area contributed by atoms with Crippen molar-refractivity contribution in [2.45, 2.75) is 94.2 Å². The first-order valence-corrected chi connectivity index (χ1v) is 8.59. The van der Waals surface area contributed by atoms with E-state index in [1.807, 2.05) is 0 Å². The van der Waals surface area contributed by atoms with Crippen molar-refractivity contribution in [2.24, 2.45) is 21.7 Å². The molecule has 2 nitrogen and oxygen atoms in total. The van der Waals surface area contributed by atoms with Crippen molar-refractivity contribution >= 4 is 0 Å². The fourth-order valence-corrected chi connectivity index (χ4v) is 2.82. The molecule has 2 N–H and O–H groups in total. The molecule has 0 heterocycles. The second kappa shape index (κ2) is 6.95. The van der Waals surface area contributed by atoms with Crippen LogP contribution in [0.4, 0.5) is 0 Å². The van der Waals surface area contributed by atoms with Crippen LogP contribution >= 0.6 is 0 Å². The van der Waals surface area contributed by atoms with Gasteiger partial charge < -0.3 is 10.4 Å². The highest BCUT2D eigenvalue weighted by Crippen LogP contribution is 2.48. The van der Waals surface area contributed by atoms with Crippen molar-refractivity contribution in [2.75, 3.05) is 0 Å². The van der Waals surface area contributed by atoms with E-state index in [-0.39, 0.29) is 27.8 Å². The Kier molecular flexibility index (Phi) is 6.79. The summed E-state index contributed by atoms with van der Waals surface area (Å²) in [5, 5.41) is 14.3. The summed E-state index contributed by atoms with van der Waals surface area (Å²) in [4.78, 5) is 0. The van der Waals surface area contributed by atoms with E-state index in [1.54, 1.807) is 6.20 Å². The van der Waals surface area contributed by atoms with Gasteiger partial charge in [0, 0.05) is 6.04 Å². The predicted molar refractivity (Wildman–Crippen MR) is 98.8 cm³/mol. The van der Waals surface area contributed by atoms with Crippen molar-refractivity contribution in [1.29, 1.82) is 0 Å². The first kappa shape index (κ1) is 21.5. The molecule has 0 aliphatic heterocycles. The molecule has 0 saturated carbocycles. The van der Waals surface area contributed by atoms with Gasteiger partial charge in [-0.2, -0.15) is 0 Å². The topological polar surface area (TPSA) is 32.3 Å². The lowest BCUT2D eigenvalue weighted by molar-refractivity contribution is -0.0655. The molecule has 0 aliphatic carbocycles. The molecule has 2 unspecified atom stereocenters. The van der Waals surface area contributed by atoms with Crippen LogP contribution in [0, 0.1) is 21.7 Å². The summed E-state index contributed by atoms with van der Waals surface area (Å²) in [6, 6.07) is 0.334. The minimum absolute atomic E-state index is 0.00558. The van der Waals surface area contributed by atoms with Crippen LogP contribution in [0.3, 0.4) is 0 Å². The number of hydrogen-bond acceptors (Lipinski definition) is 2. The molecule has 0 amide bonds. The molecule has 22 heavy (non-hydrogen) atoms. The molecule has 0 radical (unpaired) electrons. The Morgan fingerprint density at radius 1 is 0.909 bits per heavy atom. The highest BCUT2D eigenvalue weighted by molar-refractivity contribution is 4.98. The highest BCUT2D eigenvalue weighted by Gasteiger charge is 2.45. The minimum Gasteiger partial charge on any atom is -0.393 e. The van der Waals surface area contributed by atoms with Crippen LogP contribution in [-0.2, 0) is 0 Å². The maximum Gasteiger partial charge on any atom is 0.0601 e. The Bertz CT molecular complexity index is 355. The van der Waals surface area contributed by atoms with E-state index in [0.717, 1.165) is 12.8 Å². The maximum absolute atomic E-state index is 10.9. The van der Waals surface area contributed by atoms with E-state index in [1.165, 1.54) is 0 Å². The zero-order chi connectivity index (χ0) is 18.0. The predicted octanol–water partition coefficient (Wildman–Crippen LogP) is 5.37. The van der Waals surface area contributed by atoms with Gasteiger partial charge in [-0.3, -0.25) is 0 Å². The van der Waals surface area contributed by atoms with Crippen LogP contribution in [0.5, 0.6) is 0 Å². The smallest absolute Gasteiger partial charge is 0.0601 e. The van der Waals surface area contributed by atoms with E-state index in [4.69, 9.17) is 0 Å². The number of aliphatic hydroxyl groups excluding tert-OH is 1. The number of aliphatic hydroxyl groups is 1. The van der Waals surface area contributed by atoms with Crippen molar-refractivity contribution in [1.82, 2.24) is 5.32 Å². The number of rotatable bonds is 7. The molecule has 0 fully saturated rings. The molecule has 0 rings (SSSR count). The van der Waals surface area contributed by atoms with Crippen molar-refractivity contribution in [3.8, 4) is 0 Å². The van der Waals surface area contributed by atoms with Crippen molar-refractivity contribution < 1.29 is 5.11 Å². The van der Waals surface area contributed by atoms with Gasteiger partial charge in [0.2, 0.25) is 0 Å². The molecular weight excluding hydrogens is 270 g/mol. The summed E-state index contributed by atoms with van der Waals surface area (Å²) < 4.78 is 0. The van der Waals surface area contributed by atoms with E-state index < -0.39 is 0 Å².